The predicted octanol–water partition coefficient (Wildman–Crippen LogP) is 2.20. The highest BCUT2D eigenvalue weighted by Gasteiger charge is 2.28. The summed E-state index contributed by atoms with van der Waals surface area (Å²) in [4.78, 5) is 22.6. The fourth-order valence-corrected chi connectivity index (χ4v) is 3.19. The molecule has 1 unspecified atom stereocenters. The monoisotopic (exact) mass is 415 g/mol. The molecule has 0 aliphatic carbocycles. The van der Waals surface area contributed by atoms with Crippen molar-refractivity contribution in [1.82, 2.24) is 14.9 Å². The maximum Gasteiger partial charge on any atom is 0.278 e. The molecular formula is C21H25N3O6. The first-order valence-corrected chi connectivity index (χ1v) is 9.38. The lowest BCUT2D eigenvalue weighted by Crippen LogP contribution is -2.29. The molecule has 1 atom stereocenters. The zero-order chi connectivity index (χ0) is 21.5. The molecule has 2 aromatic rings. The second kappa shape index (κ2) is 9.82. The van der Waals surface area contributed by atoms with Gasteiger partial charge in [0.05, 0.1) is 35.0 Å². The van der Waals surface area contributed by atoms with Crippen molar-refractivity contribution in [2.75, 3.05) is 41.5 Å². The Hall–Kier alpha value is -3.49. The number of aromatic nitrogens is 2. The lowest BCUT2D eigenvalue weighted by atomic mass is 10.1. The molecule has 0 bridgehead atoms. The molecular weight excluding hydrogens is 390 g/mol. The highest BCUT2D eigenvalue weighted by Crippen LogP contribution is 2.38. The molecule has 1 aromatic carbocycles. The third-order valence-electron chi connectivity index (χ3n) is 4.67. The number of carbonyl (C=O) groups excluding carboxylic acids is 1. The Morgan fingerprint density at radius 3 is 2.27 bits per heavy atom. The maximum absolute atomic E-state index is 12.6. The highest BCUT2D eigenvalue weighted by molar-refractivity contribution is 5.92. The summed E-state index contributed by atoms with van der Waals surface area (Å²) in [5, 5.41) is 0. The van der Waals surface area contributed by atoms with E-state index >= 15 is 0 Å². The summed E-state index contributed by atoms with van der Waals surface area (Å²) < 4.78 is 27.0. The van der Waals surface area contributed by atoms with Gasteiger partial charge in [0.15, 0.2) is 11.5 Å². The molecule has 0 spiro atoms. The number of likely N-dealkylation sites (tertiary alicyclic amines) is 1. The standard InChI is InChI=1S/C21H25N3O6/c1-26-16-11-14(12-17(27-2)19(16)28-3)5-6-18(25)24-10-7-15(13-24)30-21-20(29-4)22-8-9-23-21/h5-6,8-9,11-12,15H,7,10,13H2,1-4H3/b6-5+. The summed E-state index contributed by atoms with van der Waals surface area (Å²) in [5.74, 6) is 2.09. The van der Waals surface area contributed by atoms with E-state index in [0.717, 1.165) is 5.56 Å². The third-order valence-corrected chi connectivity index (χ3v) is 4.67. The molecule has 160 valence electrons. The number of carbonyl (C=O) groups is 1. The number of ether oxygens (including phenoxy) is 5. The van der Waals surface area contributed by atoms with E-state index in [4.69, 9.17) is 23.7 Å². The minimum atomic E-state index is -0.172. The second-order valence-electron chi connectivity index (χ2n) is 6.48. The number of hydrogen-bond donors (Lipinski definition) is 0. The van der Waals surface area contributed by atoms with Crippen molar-refractivity contribution in [2.24, 2.45) is 0 Å². The molecule has 1 aromatic heterocycles. The molecule has 2 heterocycles. The Morgan fingerprint density at radius 2 is 1.67 bits per heavy atom. The summed E-state index contributed by atoms with van der Waals surface area (Å²) in [6.45, 7) is 1.05. The van der Waals surface area contributed by atoms with Gasteiger partial charge in [-0.05, 0) is 23.8 Å². The van der Waals surface area contributed by atoms with Crippen LogP contribution in [0.2, 0.25) is 0 Å². The maximum atomic E-state index is 12.6. The van der Waals surface area contributed by atoms with E-state index < -0.39 is 0 Å². The van der Waals surface area contributed by atoms with Crippen LogP contribution in [0, 0.1) is 0 Å². The number of rotatable bonds is 8. The Morgan fingerprint density at radius 1 is 1.00 bits per heavy atom. The smallest absolute Gasteiger partial charge is 0.278 e. The van der Waals surface area contributed by atoms with Crippen molar-refractivity contribution in [3.63, 3.8) is 0 Å². The Bertz CT molecular complexity index is 892. The molecule has 30 heavy (non-hydrogen) atoms. The molecule has 3 rings (SSSR count). The summed E-state index contributed by atoms with van der Waals surface area (Å²) in [6, 6.07) is 3.56. The van der Waals surface area contributed by atoms with E-state index in [1.165, 1.54) is 25.6 Å². The van der Waals surface area contributed by atoms with Crippen LogP contribution < -0.4 is 23.7 Å². The van der Waals surface area contributed by atoms with E-state index in [1.807, 2.05) is 0 Å². The second-order valence-corrected chi connectivity index (χ2v) is 6.48. The number of nitrogens with zero attached hydrogens (tertiary/aromatic N) is 3. The van der Waals surface area contributed by atoms with Crippen LogP contribution >= 0.6 is 0 Å². The molecule has 0 N–H and O–H groups in total. The van der Waals surface area contributed by atoms with Crippen LogP contribution in [0.25, 0.3) is 6.08 Å². The fourth-order valence-electron chi connectivity index (χ4n) is 3.19. The van der Waals surface area contributed by atoms with Crippen molar-refractivity contribution >= 4 is 12.0 Å². The van der Waals surface area contributed by atoms with Crippen LogP contribution in [0.15, 0.2) is 30.6 Å². The van der Waals surface area contributed by atoms with Crippen molar-refractivity contribution in [1.29, 1.82) is 0 Å². The largest absolute Gasteiger partial charge is 0.493 e. The number of amides is 1. The number of methoxy groups -OCH3 is 4. The molecule has 1 aliphatic heterocycles. The van der Waals surface area contributed by atoms with Gasteiger partial charge in [0.1, 0.15) is 6.10 Å². The third kappa shape index (κ3) is 4.73. The average Bonchev–Trinajstić information content (AvgIpc) is 3.25. The molecule has 9 nitrogen and oxygen atoms in total. The Balaban J connectivity index is 1.65. The quantitative estimate of drug-likeness (QED) is 0.606. The van der Waals surface area contributed by atoms with Gasteiger partial charge < -0.3 is 28.6 Å². The first-order chi connectivity index (χ1) is 14.6. The first kappa shape index (κ1) is 21.2. The van der Waals surface area contributed by atoms with Crippen LogP contribution in [-0.2, 0) is 4.79 Å². The van der Waals surface area contributed by atoms with Gasteiger partial charge in [-0.25, -0.2) is 9.97 Å². The average molecular weight is 415 g/mol. The zero-order valence-electron chi connectivity index (χ0n) is 17.5. The van der Waals surface area contributed by atoms with E-state index in [1.54, 1.807) is 44.4 Å². The molecule has 9 heteroatoms. The lowest BCUT2D eigenvalue weighted by molar-refractivity contribution is -0.125. The van der Waals surface area contributed by atoms with E-state index in [-0.39, 0.29) is 12.0 Å². The normalized spacial score (nSPS) is 15.9. The fraction of sp³-hybridized carbons (Fsp3) is 0.381. The van der Waals surface area contributed by atoms with E-state index in [2.05, 4.69) is 9.97 Å². The minimum Gasteiger partial charge on any atom is -0.493 e. The summed E-state index contributed by atoms with van der Waals surface area (Å²) >= 11 is 0. The molecule has 1 aliphatic rings. The summed E-state index contributed by atoms with van der Waals surface area (Å²) in [6.07, 6.45) is 6.83. The highest BCUT2D eigenvalue weighted by atomic mass is 16.5. The molecule has 1 fully saturated rings. The van der Waals surface area contributed by atoms with Crippen LogP contribution in [0.1, 0.15) is 12.0 Å². The molecule has 0 radical (unpaired) electrons. The van der Waals surface area contributed by atoms with Gasteiger partial charge in [0, 0.05) is 31.4 Å². The minimum absolute atomic E-state index is 0.110. The van der Waals surface area contributed by atoms with Gasteiger partial charge >= 0.3 is 0 Å². The van der Waals surface area contributed by atoms with E-state index in [9.17, 15) is 4.79 Å². The van der Waals surface area contributed by atoms with Gasteiger partial charge in [-0.3, -0.25) is 4.79 Å². The van der Waals surface area contributed by atoms with Gasteiger partial charge in [-0.15, -0.1) is 0 Å². The molecule has 1 amide bonds. The molecule has 0 saturated carbocycles. The van der Waals surface area contributed by atoms with Gasteiger partial charge in [-0.2, -0.15) is 0 Å². The topological polar surface area (TPSA) is 92.2 Å². The van der Waals surface area contributed by atoms with Crippen LogP contribution in [0.3, 0.4) is 0 Å². The van der Waals surface area contributed by atoms with E-state index in [0.29, 0.717) is 48.5 Å². The van der Waals surface area contributed by atoms with Gasteiger partial charge in [-0.1, -0.05) is 0 Å². The van der Waals surface area contributed by atoms with Crippen molar-refractivity contribution < 1.29 is 28.5 Å². The van der Waals surface area contributed by atoms with Crippen molar-refractivity contribution in [3.8, 4) is 29.0 Å². The molecule has 1 saturated heterocycles. The zero-order valence-corrected chi connectivity index (χ0v) is 17.5. The lowest BCUT2D eigenvalue weighted by Gasteiger charge is -2.16. The van der Waals surface area contributed by atoms with Crippen LogP contribution in [0.4, 0.5) is 0 Å². The van der Waals surface area contributed by atoms with Crippen molar-refractivity contribution in [2.45, 2.75) is 12.5 Å². The predicted molar refractivity (Wildman–Crippen MR) is 109 cm³/mol. The van der Waals surface area contributed by atoms with Gasteiger partial charge in [0.25, 0.3) is 11.8 Å². The SMILES string of the molecule is COc1cc(/C=C/C(=O)N2CCC(Oc3nccnc3OC)C2)cc(OC)c1OC. The number of hydrogen-bond acceptors (Lipinski definition) is 8. The summed E-state index contributed by atoms with van der Waals surface area (Å²) in [7, 11) is 6.15. The van der Waals surface area contributed by atoms with Crippen LogP contribution in [0.5, 0.6) is 29.0 Å². The van der Waals surface area contributed by atoms with Crippen LogP contribution in [-0.4, -0.2) is 68.4 Å². The Kier molecular flexibility index (Phi) is 6.95. The van der Waals surface area contributed by atoms with Crippen molar-refractivity contribution in [3.05, 3.63) is 36.2 Å². The number of benzene rings is 1. The first-order valence-electron chi connectivity index (χ1n) is 9.38. The summed E-state index contributed by atoms with van der Waals surface area (Å²) in [5.41, 5.74) is 0.758. The van der Waals surface area contributed by atoms with Gasteiger partial charge in [0.2, 0.25) is 11.7 Å². The Labute approximate surface area is 175 Å².